The van der Waals surface area contributed by atoms with Gasteiger partial charge in [-0.2, -0.15) is 0 Å². The number of aromatic hydroxyl groups is 1. The molecule has 1 aromatic heterocycles. The van der Waals surface area contributed by atoms with E-state index < -0.39 is 11.2 Å². The van der Waals surface area contributed by atoms with Crippen LogP contribution in [0.2, 0.25) is 0 Å². The first kappa shape index (κ1) is 24.6. The van der Waals surface area contributed by atoms with Crippen molar-refractivity contribution in [2.75, 3.05) is 35.5 Å². The number of hydrogen-bond acceptors (Lipinski definition) is 9. The van der Waals surface area contributed by atoms with Crippen LogP contribution in [0.15, 0.2) is 57.7 Å². The molecule has 0 bridgehead atoms. The molecule has 4 rings (SSSR count). The van der Waals surface area contributed by atoms with Crippen molar-refractivity contribution in [3.63, 3.8) is 0 Å². The van der Waals surface area contributed by atoms with E-state index in [2.05, 4.69) is 0 Å². The molecule has 4 aromatic rings. The van der Waals surface area contributed by atoms with Crippen LogP contribution in [-0.2, 0) is 6.61 Å². The van der Waals surface area contributed by atoms with Gasteiger partial charge in [0.1, 0.15) is 12.0 Å². The van der Waals surface area contributed by atoms with Gasteiger partial charge in [-0.05, 0) is 23.8 Å². The Morgan fingerprint density at radius 2 is 1.42 bits per heavy atom. The molecule has 0 spiro atoms. The van der Waals surface area contributed by atoms with Crippen LogP contribution in [0.4, 0.5) is 0 Å². The van der Waals surface area contributed by atoms with E-state index in [1.807, 2.05) is 30.3 Å². The van der Waals surface area contributed by atoms with Crippen molar-refractivity contribution < 1.29 is 37.9 Å². The number of ether oxygens (including phenoxy) is 6. The molecule has 1 N–H and O–H groups in total. The maximum atomic E-state index is 13.5. The van der Waals surface area contributed by atoms with Gasteiger partial charge in [-0.15, -0.1) is 0 Å². The summed E-state index contributed by atoms with van der Waals surface area (Å²) in [6, 6.07) is 14.8. The van der Waals surface area contributed by atoms with E-state index in [4.69, 9.17) is 32.8 Å². The molecule has 36 heavy (non-hydrogen) atoms. The zero-order valence-corrected chi connectivity index (χ0v) is 20.5. The fourth-order valence-electron chi connectivity index (χ4n) is 3.93. The molecule has 1 heterocycles. The van der Waals surface area contributed by atoms with Crippen molar-refractivity contribution in [1.82, 2.24) is 0 Å². The minimum Gasteiger partial charge on any atom is -0.502 e. The molecular formula is C27H26O9. The molecule has 0 fully saturated rings. The summed E-state index contributed by atoms with van der Waals surface area (Å²) in [5.74, 6) is 0.448. The number of phenolic OH excluding ortho intramolecular Hbond substituents is 1. The summed E-state index contributed by atoms with van der Waals surface area (Å²) >= 11 is 0. The second-order valence-electron chi connectivity index (χ2n) is 7.59. The Kier molecular flexibility index (Phi) is 7.10. The second-order valence-corrected chi connectivity index (χ2v) is 7.59. The van der Waals surface area contributed by atoms with Crippen molar-refractivity contribution in [1.29, 1.82) is 0 Å². The summed E-state index contributed by atoms with van der Waals surface area (Å²) < 4.78 is 39.1. The number of fused-ring (bicyclic) bond motifs is 1. The van der Waals surface area contributed by atoms with Crippen LogP contribution >= 0.6 is 0 Å². The lowest BCUT2D eigenvalue weighted by atomic mass is 10.1. The fraction of sp³-hybridized carbons (Fsp3) is 0.222. The van der Waals surface area contributed by atoms with E-state index in [1.54, 1.807) is 18.2 Å². The van der Waals surface area contributed by atoms with Gasteiger partial charge < -0.3 is 37.9 Å². The van der Waals surface area contributed by atoms with Crippen LogP contribution in [-0.4, -0.2) is 40.7 Å². The van der Waals surface area contributed by atoms with Crippen molar-refractivity contribution >= 4 is 11.0 Å². The first-order valence-electron chi connectivity index (χ1n) is 10.9. The van der Waals surface area contributed by atoms with Crippen LogP contribution in [0.1, 0.15) is 5.56 Å². The molecule has 0 amide bonds. The Morgan fingerprint density at radius 1 is 0.750 bits per heavy atom. The highest BCUT2D eigenvalue weighted by Crippen LogP contribution is 2.51. The number of methoxy groups -OCH3 is 5. The van der Waals surface area contributed by atoms with Gasteiger partial charge in [-0.1, -0.05) is 30.3 Å². The van der Waals surface area contributed by atoms with Crippen LogP contribution in [0.3, 0.4) is 0 Å². The molecule has 188 valence electrons. The molecule has 0 radical (unpaired) electrons. The Bertz CT molecular complexity index is 1440. The molecular weight excluding hydrogens is 468 g/mol. The smallest absolute Gasteiger partial charge is 0.239 e. The third kappa shape index (κ3) is 4.19. The van der Waals surface area contributed by atoms with Crippen LogP contribution in [0, 0.1) is 0 Å². The Hall–Kier alpha value is -4.53. The molecule has 0 aliphatic heterocycles. The van der Waals surface area contributed by atoms with Gasteiger partial charge in [-0.25, -0.2) is 0 Å². The van der Waals surface area contributed by atoms with Crippen molar-refractivity contribution in [2.24, 2.45) is 0 Å². The quantitative estimate of drug-likeness (QED) is 0.352. The highest BCUT2D eigenvalue weighted by atomic mass is 16.5. The second kappa shape index (κ2) is 10.4. The van der Waals surface area contributed by atoms with Gasteiger partial charge in [0, 0.05) is 5.56 Å². The van der Waals surface area contributed by atoms with E-state index in [0.29, 0.717) is 23.7 Å². The zero-order chi connectivity index (χ0) is 25.8. The maximum absolute atomic E-state index is 13.5. The summed E-state index contributed by atoms with van der Waals surface area (Å²) in [7, 11) is 6.91. The first-order valence-corrected chi connectivity index (χ1v) is 10.9. The van der Waals surface area contributed by atoms with Crippen LogP contribution in [0.25, 0.3) is 22.3 Å². The lowest BCUT2D eigenvalue weighted by molar-refractivity contribution is 0.284. The standard InChI is InChI=1S/C27H26O9/c1-30-18-13-16(11-12-17(18)35-14-15-9-7-6-8-10-15)22-25(32-3)20(28)19-23(31-2)21(29)26(33-4)27(34-5)24(19)36-22/h6-13,29H,14H2,1-5H3. The van der Waals surface area contributed by atoms with E-state index in [0.717, 1.165) is 5.56 Å². The fourth-order valence-corrected chi connectivity index (χ4v) is 3.93. The largest absolute Gasteiger partial charge is 0.502 e. The predicted octanol–water partition coefficient (Wildman–Crippen LogP) is 4.79. The summed E-state index contributed by atoms with van der Waals surface area (Å²) in [5.41, 5.74) is 0.949. The lowest BCUT2D eigenvalue weighted by Crippen LogP contribution is -2.10. The monoisotopic (exact) mass is 494 g/mol. The van der Waals surface area contributed by atoms with E-state index in [-0.39, 0.29) is 39.7 Å². The third-order valence-electron chi connectivity index (χ3n) is 5.62. The third-order valence-corrected chi connectivity index (χ3v) is 5.62. The number of phenols is 1. The Balaban J connectivity index is 1.89. The molecule has 0 aliphatic rings. The maximum Gasteiger partial charge on any atom is 0.239 e. The molecule has 0 saturated heterocycles. The average molecular weight is 494 g/mol. The Morgan fingerprint density at radius 3 is 2.03 bits per heavy atom. The molecule has 0 saturated carbocycles. The summed E-state index contributed by atoms with van der Waals surface area (Å²) in [6.45, 7) is 0.352. The van der Waals surface area contributed by atoms with E-state index in [9.17, 15) is 9.90 Å². The Labute approximate surface area is 207 Å². The number of benzene rings is 3. The van der Waals surface area contributed by atoms with Gasteiger partial charge in [0.05, 0.1) is 35.5 Å². The van der Waals surface area contributed by atoms with E-state index in [1.165, 1.54) is 35.5 Å². The minimum atomic E-state index is -0.565. The highest BCUT2D eigenvalue weighted by Gasteiger charge is 2.29. The van der Waals surface area contributed by atoms with Gasteiger partial charge in [0.15, 0.2) is 28.6 Å². The average Bonchev–Trinajstić information content (AvgIpc) is 2.91. The zero-order valence-electron chi connectivity index (χ0n) is 20.5. The number of hydrogen-bond donors (Lipinski definition) is 1. The summed E-state index contributed by atoms with van der Waals surface area (Å²) in [6.07, 6.45) is 0. The van der Waals surface area contributed by atoms with Gasteiger partial charge >= 0.3 is 0 Å². The highest BCUT2D eigenvalue weighted by molar-refractivity contribution is 5.96. The van der Waals surface area contributed by atoms with Crippen LogP contribution in [0.5, 0.6) is 40.2 Å². The molecule has 9 nitrogen and oxygen atoms in total. The molecule has 0 unspecified atom stereocenters. The van der Waals surface area contributed by atoms with Gasteiger partial charge in [-0.3, -0.25) is 4.79 Å². The van der Waals surface area contributed by atoms with Crippen molar-refractivity contribution in [3.8, 4) is 51.6 Å². The normalized spacial score (nSPS) is 10.7. The summed E-state index contributed by atoms with van der Waals surface area (Å²) in [4.78, 5) is 13.5. The minimum absolute atomic E-state index is 0.0215. The number of rotatable bonds is 9. The van der Waals surface area contributed by atoms with Crippen LogP contribution < -0.4 is 33.8 Å². The SMILES string of the molecule is COc1cc(-c2oc3c(OC)c(OC)c(O)c(OC)c3c(=O)c2OC)ccc1OCc1ccccc1. The molecule has 0 atom stereocenters. The molecule has 9 heteroatoms. The van der Waals surface area contributed by atoms with Gasteiger partial charge in [0.2, 0.25) is 28.4 Å². The predicted molar refractivity (Wildman–Crippen MR) is 133 cm³/mol. The first-order chi connectivity index (χ1) is 17.5. The topological polar surface area (TPSA) is 106 Å². The van der Waals surface area contributed by atoms with Crippen molar-refractivity contribution in [2.45, 2.75) is 6.61 Å². The summed E-state index contributed by atoms with van der Waals surface area (Å²) in [5, 5.41) is 10.6. The van der Waals surface area contributed by atoms with Crippen molar-refractivity contribution in [3.05, 3.63) is 64.3 Å². The van der Waals surface area contributed by atoms with Gasteiger partial charge in [0.25, 0.3) is 0 Å². The lowest BCUT2D eigenvalue weighted by Gasteiger charge is -2.17. The molecule has 3 aromatic carbocycles. The molecule has 0 aliphatic carbocycles. The van der Waals surface area contributed by atoms with E-state index >= 15 is 0 Å².